The second-order valence-electron chi connectivity index (χ2n) is 8.64. The summed E-state index contributed by atoms with van der Waals surface area (Å²) in [5.74, 6) is 1.17. The van der Waals surface area contributed by atoms with Gasteiger partial charge in [0, 0.05) is 31.4 Å². The topological polar surface area (TPSA) is 106 Å². The van der Waals surface area contributed by atoms with Gasteiger partial charge in [-0.25, -0.2) is 4.98 Å². The van der Waals surface area contributed by atoms with Gasteiger partial charge in [0.1, 0.15) is 16.9 Å². The maximum atomic E-state index is 13.3. The van der Waals surface area contributed by atoms with Gasteiger partial charge in [0.05, 0.1) is 0 Å². The number of rotatable bonds is 2. The number of anilines is 2. The van der Waals surface area contributed by atoms with Crippen molar-refractivity contribution in [2.24, 2.45) is 12.5 Å². The number of aromatic amines is 1. The minimum absolute atomic E-state index is 0.0915. The summed E-state index contributed by atoms with van der Waals surface area (Å²) >= 11 is 0. The van der Waals surface area contributed by atoms with Crippen LogP contribution >= 0.6 is 0 Å². The number of nitrogens with one attached hydrogen (secondary N) is 1. The summed E-state index contributed by atoms with van der Waals surface area (Å²) < 4.78 is 1.66. The van der Waals surface area contributed by atoms with Crippen LogP contribution in [0.15, 0.2) is 16.9 Å². The van der Waals surface area contributed by atoms with Crippen molar-refractivity contribution in [2.75, 3.05) is 23.7 Å². The van der Waals surface area contributed by atoms with E-state index in [1.807, 2.05) is 13.0 Å². The van der Waals surface area contributed by atoms with E-state index in [0.717, 1.165) is 30.3 Å². The molecule has 0 radical (unpaired) electrons. The first-order valence-electron chi connectivity index (χ1n) is 10.4. The van der Waals surface area contributed by atoms with Crippen LogP contribution in [0.4, 0.5) is 11.8 Å². The molecule has 5 rings (SSSR count). The van der Waals surface area contributed by atoms with Crippen molar-refractivity contribution in [2.45, 2.75) is 45.4 Å². The Morgan fingerprint density at radius 3 is 2.52 bits per heavy atom. The Bertz CT molecular complexity index is 1130. The van der Waals surface area contributed by atoms with Crippen molar-refractivity contribution in [3.8, 4) is 11.3 Å². The second-order valence-corrected chi connectivity index (χ2v) is 8.64. The first kappa shape index (κ1) is 18.1. The maximum absolute atomic E-state index is 13.3. The number of nitrogens with two attached hydrogens (primary N) is 1. The van der Waals surface area contributed by atoms with E-state index in [1.54, 1.807) is 17.7 Å². The molecule has 1 saturated carbocycles. The molecule has 0 amide bonds. The summed E-state index contributed by atoms with van der Waals surface area (Å²) in [6.07, 6.45) is 7.80. The average molecular weight is 393 g/mol. The van der Waals surface area contributed by atoms with Crippen LogP contribution in [0.1, 0.15) is 44.2 Å². The fourth-order valence-electron chi connectivity index (χ4n) is 5.16. The lowest BCUT2D eigenvalue weighted by atomic mass is 9.77. The van der Waals surface area contributed by atoms with Gasteiger partial charge < -0.3 is 10.6 Å². The molecule has 3 N–H and O–H groups in total. The van der Waals surface area contributed by atoms with Crippen molar-refractivity contribution in [3.05, 3.63) is 28.2 Å². The van der Waals surface area contributed by atoms with Gasteiger partial charge in [0.25, 0.3) is 5.56 Å². The number of pyridine rings is 1. The first-order chi connectivity index (χ1) is 14.0. The molecule has 8 heteroatoms. The predicted octanol–water partition coefficient (Wildman–Crippen LogP) is 2.77. The van der Waals surface area contributed by atoms with Crippen LogP contribution in [0.5, 0.6) is 0 Å². The van der Waals surface area contributed by atoms with E-state index in [4.69, 9.17) is 10.7 Å². The zero-order valence-electron chi connectivity index (χ0n) is 17.0. The third-order valence-corrected chi connectivity index (χ3v) is 6.91. The van der Waals surface area contributed by atoms with Crippen molar-refractivity contribution in [3.63, 3.8) is 0 Å². The number of nitrogen functional groups attached to an aromatic ring is 1. The van der Waals surface area contributed by atoms with E-state index in [2.05, 4.69) is 20.1 Å². The quantitative estimate of drug-likeness (QED) is 0.693. The number of fused-ring (bicyclic) bond motifs is 1. The monoisotopic (exact) mass is 393 g/mol. The molecule has 8 nitrogen and oxygen atoms in total. The van der Waals surface area contributed by atoms with Gasteiger partial charge in [-0.15, -0.1) is 0 Å². The van der Waals surface area contributed by atoms with Crippen molar-refractivity contribution >= 4 is 22.8 Å². The number of aryl methyl sites for hydroxylation is 1. The van der Waals surface area contributed by atoms with E-state index in [-0.39, 0.29) is 5.56 Å². The van der Waals surface area contributed by atoms with E-state index in [1.165, 1.54) is 38.5 Å². The van der Waals surface area contributed by atoms with Crippen molar-refractivity contribution < 1.29 is 0 Å². The van der Waals surface area contributed by atoms with E-state index >= 15 is 0 Å². The van der Waals surface area contributed by atoms with Gasteiger partial charge in [-0.2, -0.15) is 10.1 Å². The zero-order chi connectivity index (χ0) is 20.2. The summed E-state index contributed by atoms with van der Waals surface area (Å²) in [7, 11) is 1.80. The van der Waals surface area contributed by atoms with Gasteiger partial charge in [0.2, 0.25) is 5.95 Å². The molecule has 0 atom stereocenters. The van der Waals surface area contributed by atoms with Crippen LogP contribution in [0.3, 0.4) is 0 Å². The normalized spacial score (nSPS) is 18.8. The van der Waals surface area contributed by atoms with Crippen LogP contribution < -0.4 is 16.2 Å². The number of aromatic nitrogens is 5. The summed E-state index contributed by atoms with van der Waals surface area (Å²) in [6.45, 7) is 3.77. The minimum atomic E-state index is -0.0915. The molecule has 152 valence electrons. The molecule has 1 spiro atoms. The molecule has 0 bridgehead atoms. The maximum Gasteiger partial charge on any atom is 0.266 e. The Labute approximate surface area is 169 Å². The van der Waals surface area contributed by atoms with Gasteiger partial charge in [-0.1, -0.05) is 12.8 Å². The van der Waals surface area contributed by atoms with Crippen LogP contribution in [0, 0.1) is 12.3 Å². The van der Waals surface area contributed by atoms with Crippen molar-refractivity contribution in [1.82, 2.24) is 24.7 Å². The van der Waals surface area contributed by atoms with E-state index < -0.39 is 0 Å². The molecule has 2 aliphatic rings. The Balaban J connectivity index is 1.53. The largest absolute Gasteiger partial charge is 0.384 e. The Morgan fingerprint density at radius 2 is 1.83 bits per heavy atom. The van der Waals surface area contributed by atoms with Crippen LogP contribution in [-0.4, -0.2) is 37.8 Å². The Hall–Kier alpha value is -2.90. The van der Waals surface area contributed by atoms with Crippen LogP contribution in [-0.2, 0) is 7.05 Å². The molecule has 1 aliphatic heterocycles. The highest BCUT2D eigenvalue weighted by Gasteiger charge is 2.37. The standard InChI is InChI=1S/C21H27N7O/c1-13-14(5-6-15(22)23-13)17-16-18(26-25-17)24-20(27(2)19(16)29)28-11-9-21(10-12-28)7-3-4-8-21/h5-6H,3-4,7-12H2,1-2H3,(H2,22,23)(H,25,26). The molecule has 3 aromatic heterocycles. The Kier molecular flexibility index (Phi) is 4.11. The first-order valence-corrected chi connectivity index (χ1v) is 10.4. The molecule has 1 saturated heterocycles. The average Bonchev–Trinajstić information content (AvgIpc) is 3.33. The molecular weight excluding hydrogens is 366 g/mol. The van der Waals surface area contributed by atoms with Crippen LogP contribution in [0.2, 0.25) is 0 Å². The summed E-state index contributed by atoms with van der Waals surface area (Å²) in [5, 5.41) is 7.86. The summed E-state index contributed by atoms with van der Waals surface area (Å²) in [5.41, 5.74) is 8.84. The van der Waals surface area contributed by atoms with Gasteiger partial charge in [-0.3, -0.25) is 14.5 Å². The molecule has 29 heavy (non-hydrogen) atoms. The summed E-state index contributed by atoms with van der Waals surface area (Å²) in [4.78, 5) is 24.6. The van der Waals surface area contributed by atoms with Crippen molar-refractivity contribution in [1.29, 1.82) is 0 Å². The molecule has 0 unspecified atom stereocenters. The third-order valence-electron chi connectivity index (χ3n) is 6.91. The van der Waals surface area contributed by atoms with Crippen LogP contribution in [0.25, 0.3) is 22.3 Å². The van der Waals surface area contributed by atoms with E-state index in [0.29, 0.717) is 28.0 Å². The van der Waals surface area contributed by atoms with E-state index in [9.17, 15) is 4.79 Å². The molecular formula is C21H27N7O. The number of H-pyrrole nitrogens is 1. The highest BCUT2D eigenvalue weighted by Crippen LogP contribution is 2.46. The number of hydrogen-bond acceptors (Lipinski definition) is 6. The molecule has 3 aromatic rings. The lowest BCUT2D eigenvalue weighted by Gasteiger charge is -2.40. The summed E-state index contributed by atoms with van der Waals surface area (Å²) in [6, 6.07) is 3.58. The number of piperidine rings is 1. The fraction of sp³-hybridized carbons (Fsp3) is 0.524. The zero-order valence-corrected chi connectivity index (χ0v) is 17.0. The number of nitrogens with zero attached hydrogens (tertiary/aromatic N) is 5. The molecule has 0 aromatic carbocycles. The lowest BCUT2D eigenvalue weighted by molar-refractivity contribution is 0.225. The predicted molar refractivity (Wildman–Crippen MR) is 114 cm³/mol. The SMILES string of the molecule is Cc1nc(N)ccc1-c1n[nH]c2nc(N3CCC4(CCCC4)CC3)n(C)c(=O)c12. The highest BCUT2D eigenvalue weighted by molar-refractivity contribution is 5.91. The minimum Gasteiger partial charge on any atom is -0.384 e. The van der Waals surface area contributed by atoms with Gasteiger partial charge in [0.15, 0.2) is 5.65 Å². The fourth-order valence-corrected chi connectivity index (χ4v) is 5.16. The Morgan fingerprint density at radius 1 is 1.10 bits per heavy atom. The highest BCUT2D eigenvalue weighted by atomic mass is 16.1. The second kappa shape index (κ2) is 6.57. The molecule has 4 heterocycles. The molecule has 2 fully saturated rings. The molecule has 1 aliphatic carbocycles. The van der Waals surface area contributed by atoms with Gasteiger partial charge in [-0.05, 0) is 50.2 Å². The van der Waals surface area contributed by atoms with Gasteiger partial charge >= 0.3 is 0 Å². The number of hydrogen-bond donors (Lipinski definition) is 2. The third kappa shape index (κ3) is 2.89. The smallest absolute Gasteiger partial charge is 0.266 e. The lowest BCUT2D eigenvalue weighted by Crippen LogP contribution is -2.41.